The Bertz CT molecular complexity index is 1050. The molecular formula is C27H32N2O5. The maximum absolute atomic E-state index is 12.8. The van der Waals surface area contributed by atoms with Gasteiger partial charge in [0, 0.05) is 31.5 Å². The molecule has 2 aliphatic rings. The summed E-state index contributed by atoms with van der Waals surface area (Å²) in [4.78, 5) is 38.3. The van der Waals surface area contributed by atoms with E-state index in [4.69, 9.17) is 4.74 Å². The van der Waals surface area contributed by atoms with Crippen molar-refractivity contribution in [1.82, 2.24) is 10.2 Å². The summed E-state index contributed by atoms with van der Waals surface area (Å²) in [6, 6.07) is 16.0. The summed E-state index contributed by atoms with van der Waals surface area (Å²) in [5.74, 6) is -1.48. The van der Waals surface area contributed by atoms with E-state index in [0.29, 0.717) is 13.0 Å². The molecule has 0 spiro atoms. The van der Waals surface area contributed by atoms with Crippen molar-refractivity contribution in [2.24, 2.45) is 11.3 Å². The first kappa shape index (κ1) is 23.8. The van der Waals surface area contributed by atoms with Crippen molar-refractivity contribution in [3.8, 4) is 11.1 Å². The van der Waals surface area contributed by atoms with E-state index in [-0.39, 0.29) is 37.4 Å². The van der Waals surface area contributed by atoms with Crippen LogP contribution in [0.3, 0.4) is 0 Å². The molecule has 1 saturated heterocycles. The van der Waals surface area contributed by atoms with Crippen LogP contribution in [-0.2, 0) is 14.3 Å². The van der Waals surface area contributed by atoms with E-state index in [1.165, 1.54) is 11.1 Å². The molecule has 1 heterocycles. The summed E-state index contributed by atoms with van der Waals surface area (Å²) in [5.41, 5.74) is 4.16. The fraction of sp³-hybridized carbons (Fsp3) is 0.444. The standard InChI is InChI=1S/C27H32N2O5/c1-17-18(25(31)32)12-13-29(17)24(30)14-27(2,3)16-28-26(33)34-15-23-21-10-6-4-8-19(21)20-9-5-7-11-22(20)23/h4-11,17-18,23H,12-16H2,1-3H3,(H,28,33)(H,31,32). The number of ether oxygens (including phenoxy) is 1. The lowest BCUT2D eigenvalue weighted by Crippen LogP contribution is -2.42. The van der Waals surface area contributed by atoms with E-state index in [1.807, 2.05) is 38.1 Å². The fourth-order valence-corrected chi connectivity index (χ4v) is 5.16. The summed E-state index contributed by atoms with van der Waals surface area (Å²) in [6.45, 7) is 6.56. The first-order chi connectivity index (χ1) is 16.2. The molecule has 0 radical (unpaired) electrons. The van der Waals surface area contributed by atoms with Crippen LogP contribution in [0.15, 0.2) is 48.5 Å². The van der Waals surface area contributed by atoms with E-state index in [1.54, 1.807) is 11.8 Å². The number of carbonyl (C=O) groups is 3. The molecule has 1 fully saturated rings. The van der Waals surface area contributed by atoms with Gasteiger partial charge in [-0.25, -0.2) is 4.79 Å². The first-order valence-electron chi connectivity index (χ1n) is 11.8. The van der Waals surface area contributed by atoms with Crippen molar-refractivity contribution < 1.29 is 24.2 Å². The van der Waals surface area contributed by atoms with Gasteiger partial charge in [-0.2, -0.15) is 0 Å². The highest BCUT2D eigenvalue weighted by molar-refractivity contribution is 5.80. The fourth-order valence-electron chi connectivity index (χ4n) is 5.16. The number of aliphatic carboxylic acids is 1. The Morgan fingerprint density at radius 1 is 1.06 bits per heavy atom. The average molecular weight is 465 g/mol. The predicted molar refractivity (Wildman–Crippen MR) is 128 cm³/mol. The van der Waals surface area contributed by atoms with Crippen molar-refractivity contribution in [1.29, 1.82) is 0 Å². The Morgan fingerprint density at radius 3 is 2.21 bits per heavy atom. The number of carbonyl (C=O) groups excluding carboxylic acids is 2. The number of nitrogens with zero attached hydrogens (tertiary/aromatic N) is 1. The van der Waals surface area contributed by atoms with E-state index < -0.39 is 23.4 Å². The maximum atomic E-state index is 12.8. The van der Waals surface area contributed by atoms with Crippen LogP contribution >= 0.6 is 0 Å². The van der Waals surface area contributed by atoms with Crippen molar-refractivity contribution >= 4 is 18.0 Å². The first-order valence-corrected chi connectivity index (χ1v) is 11.8. The Labute approximate surface area is 200 Å². The van der Waals surface area contributed by atoms with Crippen LogP contribution in [0.25, 0.3) is 11.1 Å². The Balaban J connectivity index is 1.29. The minimum Gasteiger partial charge on any atom is -0.481 e. The number of likely N-dealkylation sites (tertiary alicyclic amines) is 1. The van der Waals surface area contributed by atoms with E-state index in [2.05, 4.69) is 29.6 Å². The minimum absolute atomic E-state index is 0.00780. The number of hydrogen-bond acceptors (Lipinski definition) is 4. The normalized spacial score (nSPS) is 19.4. The minimum atomic E-state index is -0.862. The van der Waals surface area contributed by atoms with E-state index >= 15 is 0 Å². The zero-order chi connectivity index (χ0) is 24.5. The summed E-state index contributed by atoms with van der Waals surface area (Å²) in [7, 11) is 0. The van der Waals surface area contributed by atoms with Crippen molar-refractivity contribution in [2.45, 2.75) is 45.6 Å². The van der Waals surface area contributed by atoms with Crippen LogP contribution < -0.4 is 5.32 Å². The van der Waals surface area contributed by atoms with Crippen LogP contribution in [-0.4, -0.2) is 53.7 Å². The monoisotopic (exact) mass is 464 g/mol. The molecule has 2 aromatic carbocycles. The average Bonchev–Trinajstić information content (AvgIpc) is 3.34. The third-order valence-corrected chi connectivity index (χ3v) is 7.08. The Morgan fingerprint density at radius 2 is 1.65 bits per heavy atom. The number of benzene rings is 2. The van der Waals surface area contributed by atoms with Gasteiger partial charge in [0.15, 0.2) is 0 Å². The highest BCUT2D eigenvalue weighted by Gasteiger charge is 2.39. The van der Waals surface area contributed by atoms with Gasteiger partial charge in [-0.05, 0) is 41.0 Å². The Kier molecular flexibility index (Phi) is 6.64. The number of amides is 2. The van der Waals surface area contributed by atoms with Crippen LogP contribution in [0.4, 0.5) is 4.79 Å². The Hall–Kier alpha value is -3.35. The zero-order valence-corrected chi connectivity index (χ0v) is 19.9. The van der Waals surface area contributed by atoms with Gasteiger partial charge in [0.1, 0.15) is 6.61 Å². The van der Waals surface area contributed by atoms with Crippen LogP contribution in [0.5, 0.6) is 0 Å². The number of carboxylic acid groups (broad SMARTS) is 1. The van der Waals surface area contributed by atoms with E-state index in [0.717, 1.165) is 11.1 Å². The molecule has 1 aliphatic carbocycles. The largest absolute Gasteiger partial charge is 0.481 e. The lowest BCUT2D eigenvalue weighted by molar-refractivity contribution is -0.143. The molecule has 4 rings (SSSR count). The molecule has 34 heavy (non-hydrogen) atoms. The van der Waals surface area contributed by atoms with Gasteiger partial charge in [0.2, 0.25) is 5.91 Å². The summed E-state index contributed by atoms with van der Waals surface area (Å²) >= 11 is 0. The molecule has 180 valence electrons. The van der Waals surface area contributed by atoms with E-state index in [9.17, 15) is 19.5 Å². The third kappa shape index (κ3) is 4.79. The number of rotatable bonds is 7. The van der Waals surface area contributed by atoms with Gasteiger partial charge in [-0.1, -0.05) is 62.4 Å². The summed E-state index contributed by atoms with van der Waals surface area (Å²) < 4.78 is 5.59. The molecule has 2 amide bonds. The van der Waals surface area contributed by atoms with Crippen LogP contribution in [0.2, 0.25) is 0 Å². The van der Waals surface area contributed by atoms with Gasteiger partial charge in [-0.3, -0.25) is 9.59 Å². The van der Waals surface area contributed by atoms with Gasteiger partial charge in [0.25, 0.3) is 0 Å². The molecule has 7 nitrogen and oxygen atoms in total. The van der Waals surface area contributed by atoms with Crippen molar-refractivity contribution in [3.63, 3.8) is 0 Å². The molecule has 2 atom stereocenters. The number of fused-ring (bicyclic) bond motifs is 3. The second-order valence-corrected chi connectivity index (χ2v) is 10.1. The SMILES string of the molecule is CC1C(C(=O)O)CCN1C(=O)CC(C)(C)CNC(=O)OCC1c2ccccc2-c2ccccc21. The van der Waals surface area contributed by atoms with Crippen molar-refractivity contribution in [3.05, 3.63) is 59.7 Å². The molecule has 0 bridgehead atoms. The molecule has 0 aromatic heterocycles. The topological polar surface area (TPSA) is 95.9 Å². The summed E-state index contributed by atoms with van der Waals surface area (Å²) in [5, 5.41) is 12.1. The predicted octanol–water partition coefficient (Wildman–Crippen LogP) is 4.26. The molecule has 2 N–H and O–H groups in total. The number of nitrogens with one attached hydrogen (secondary N) is 1. The second-order valence-electron chi connectivity index (χ2n) is 10.1. The van der Waals surface area contributed by atoms with Crippen LogP contribution in [0.1, 0.15) is 50.7 Å². The third-order valence-electron chi connectivity index (χ3n) is 7.08. The number of carboxylic acids is 1. The van der Waals surface area contributed by atoms with Gasteiger partial charge in [-0.15, -0.1) is 0 Å². The van der Waals surface area contributed by atoms with Gasteiger partial charge in [0.05, 0.1) is 5.92 Å². The number of hydrogen-bond donors (Lipinski definition) is 2. The lowest BCUT2D eigenvalue weighted by atomic mass is 9.88. The highest BCUT2D eigenvalue weighted by Crippen LogP contribution is 2.44. The van der Waals surface area contributed by atoms with Crippen LogP contribution in [0, 0.1) is 11.3 Å². The zero-order valence-electron chi connectivity index (χ0n) is 19.9. The smallest absolute Gasteiger partial charge is 0.407 e. The highest BCUT2D eigenvalue weighted by atomic mass is 16.5. The molecule has 0 saturated carbocycles. The molecule has 2 unspecified atom stereocenters. The molecule has 7 heteroatoms. The molecule has 1 aliphatic heterocycles. The lowest BCUT2D eigenvalue weighted by Gasteiger charge is -2.29. The molecule has 2 aromatic rings. The van der Waals surface area contributed by atoms with Gasteiger partial charge < -0.3 is 20.1 Å². The maximum Gasteiger partial charge on any atom is 0.407 e. The quantitative estimate of drug-likeness (QED) is 0.638. The second kappa shape index (κ2) is 9.49. The molecular weight excluding hydrogens is 432 g/mol. The van der Waals surface area contributed by atoms with Gasteiger partial charge >= 0.3 is 12.1 Å². The van der Waals surface area contributed by atoms with Crippen molar-refractivity contribution in [2.75, 3.05) is 19.7 Å². The summed E-state index contributed by atoms with van der Waals surface area (Å²) in [6.07, 6.45) is 0.177. The number of alkyl carbamates (subject to hydrolysis) is 1.